The zero-order valence-corrected chi connectivity index (χ0v) is 12.2. The number of hydrogen-bond acceptors (Lipinski definition) is 5. The molecule has 1 aliphatic rings. The van der Waals surface area contributed by atoms with Gasteiger partial charge in [-0.1, -0.05) is 6.92 Å². The van der Waals surface area contributed by atoms with Crippen LogP contribution < -0.4 is 5.32 Å². The molecule has 8 heteroatoms. The molecule has 21 heavy (non-hydrogen) atoms. The van der Waals surface area contributed by atoms with Gasteiger partial charge in [-0.05, 0) is 19.4 Å². The van der Waals surface area contributed by atoms with E-state index in [1.54, 1.807) is 0 Å². The fourth-order valence-corrected chi connectivity index (χ4v) is 2.58. The highest BCUT2D eigenvalue weighted by molar-refractivity contribution is 5.76. The van der Waals surface area contributed by atoms with Gasteiger partial charge in [0.1, 0.15) is 12.4 Å². The average Bonchev–Trinajstić information content (AvgIpc) is 3.13. The van der Waals surface area contributed by atoms with Crippen LogP contribution in [0.3, 0.4) is 0 Å². The van der Waals surface area contributed by atoms with Gasteiger partial charge in [0.15, 0.2) is 0 Å². The maximum Gasteiger partial charge on any atom is 0.306 e. The van der Waals surface area contributed by atoms with Crippen molar-refractivity contribution in [1.29, 1.82) is 0 Å². The summed E-state index contributed by atoms with van der Waals surface area (Å²) in [5, 5.41) is 17.8. The molecule has 0 bridgehead atoms. The van der Waals surface area contributed by atoms with Crippen molar-refractivity contribution >= 4 is 11.6 Å². The molecule has 2 heterocycles. The Morgan fingerprint density at radius 3 is 3.05 bits per heavy atom. The first-order valence-corrected chi connectivity index (χ1v) is 7.29. The molecule has 1 N–H and O–H groups in total. The number of nitro groups is 1. The van der Waals surface area contributed by atoms with Crippen molar-refractivity contribution in [3.63, 3.8) is 0 Å². The van der Waals surface area contributed by atoms with Crippen LogP contribution in [-0.4, -0.2) is 51.2 Å². The summed E-state index contributed by atoms with van der Waals surface area (Å²) in [5.74, 6) is 0.0868. The molecule has 1 aromatic heterocycles. The van der Waals surface area contributed by atoms with Crippen molar-refractivity contribution in [1.82, 2.24) is 20.0 Å². The minimum Gasteiger partial charge on any atom is -0.338 e. The molecule has 1 saturated heterocycles. The third-order valence-electron chi connectivity index (χ3n) is 3.65. The number of carbonyl (C=O) groups is 1. The Balaban J connectivity index is 1.90. The number of nitrogens with one attached hydrogen (secondary N) is 1. The maximum absolute atomic E-state index is 12.4. The van der Waals surface area contributed by atoms with Crippen LogP contribution in [0.1, 0.15) is 26.2 Å². The quantitative estimate of drug-likeness (QED) is 0.592. The largest absolute Gasteiger partial charge is 0.338 e. The Morgan fingerprint density at radius 2 is 2.48 bits per heavy atom. The summed E-state index contributed by atoms with van der Waals surface area (Å²) in [4.78, 5) is 24.4. The van der Waals surface area contributed by atoms with Crippen LogP contribution in [0.4, 0.5) is 5.69 Å². The minimum atomic E-state index is -0.487. The molecule has 0 aliphatic carbocycles. The molecule has 1 aliphatic heterocycles. The summed E-state index contributed by atoms with van der Waals surface area (Å²) in [6.07, 6.45) is 4.79. The van der Waals surface area contributed by atoms with E-state index in [2.05, 4.69) is 17.3 Å². The Labute approximate surface area is 123 Å². The predicted octanol–water partition coefficient (Wildman–Crippen LogP) is 0.782. The second kappa shape index (κ2) is 7.16. The Kier molecular flexibility index (Phi) is 5.26. The number of rotatable bonds is 7. The van der Waals surface area contributed by atoms with E-state index in [1.807, 2.05) is 4.90 Å². The van der Waals surface area contributed by atoms with Crippen LogP contribution in [0, 0.1) is 10.1 Å². The minimum absolute atomic E-state index is 0.0483. The van der Waals surface area contributed by atoms with Gasteiger partial charge in [0.25, 0.3) is 0 Å². The molecule has 0 radical (unpaired) electrons. The predicted molar refractivity (Wildman–Crippen MR) is 76.8 cm³/mol. The number of nitrogens with zero attached hydrogens (tertiary/aromatic N) is 4. The van der Waals surface area contributed by atoms with Crippen molar-refractivity contribution in [2.45, 2.75) is 38.8 Å². The van der Waals surface area contributed by atoms with Gasteiger partial charge in [-0.15, -0.1) is 0 Å². The van der Waals surface area contributed by atoms with Gasteiger partial charge in [0.05, 0.1) is 4.92 Å². The molecule has 1 aromatic rings. The number of aryl methyl sites for hydroxylation is 1. The first kappa shape index (κ1) is 15.4. The van der Waals surface area contributed by atoms with E-state index in [0.717, 1.165) is 32.5 Å². The molecule has 1 atom stereocenters. The number of amides is 1. The fraction of sp³-hybridized carbons (Fsp3) is 0.692. The van der Waals surface area contributed by atoms with Gasteiger partial charge in [0, 0.05) is 32.1 Å². The highest BCUT2D eigenvalue weighted by atomic mass is 16.6. The normalized spacial score (nSPS) is 17.9. The smallest absolute Gasteiger partial charge is 0.306 e. The topological polar surface area (TPSA) is 93.3 Å². The van der Waals surface area contributed by atoms with Crippen molar-refractivity contribution < 1.29 is 9.72 Å². The van der Waals surface area contributed by atoms with Gasteiger partial charge in [-0.3, -0.25) is 19.6 Å². The van der Waals surface area contributed by atoms with Crippen molar-refractivity contribution in [2.75, 3.05) is 19.6 Å². The Morgan fingerprint density at radius 1 is 1.67 bits per heavy atom. The number of aromatic nitrogens is 2. The molecule has 1 fully saturated rings. The first-order chi connectivity index (χ1) is 10.1. The van der Waals surface area contributed by atoms with E-state index >= 15 is 0 Å². The second-order valence-electron chi connectivity index (χ2n) is 5.20. The van der Waals surface area contributed by atoms with E-state index < -0.39 is 4.92 Å². The van der Waals surface area contributed by atoms with Crippen LogP contribution in [-0.2, 0) is 11.3 Å². The Bertz CT molecular complexity index is 496. The van der Waals surface area contributed by atoms with Crippen LogP contribution >= 0.6 is 0 Å². The molecule has 0 saturated carbocycles. The zero-order valence-electron chi connectivity index (χ0n) is 12.2. The van der Waals surface area contributed by atoms with E-state index in [0.29, 0.717) is 13.0 Å². The van der Waals surface area contributed by atoms with Crippen LogP contribution in [0.2, 0.25) is 0 Å². The van der Waals surface area contributed by atoms with Crippen LogP contribution in [0.15, 0.2) is 12.4 Å². The van der Waals surface area contributed by atoms with E-state index in [9.17, 15) is 14.9 Å². The van der Waals surface area contributed by atoms with Gasteiger partial charge in [0.2, 0.25) is 5.91 Å². The van der Waals surface area contributed by atoms with Crippen molar-refractivity contribution in [3.8, 4) is 0 Å². The molecule has 1 unspecified atom stereocenters. The fourth-order valence-electron chi connectivity index (χ4n) is 2.58. The summed E-state index contributed by atoms with van der Waals surface area (Å²) in [5.41, 5.74) is -0.0483. The van der Waals surface area contributed by atoms with Gasteiger partial charge in [-0.25, -0.2) is 0 Å². The van der Waals surface area contributed by atoms with E-state index in [1.165, 1.54) is 17.1 Å². The molecular formula is C13H21N5O3. The van der Waals surface area contributed by atoms with Crippen molar-refractivity contribution in [2.24, 2.45) is 0 Å². The highest BCUT2D eigenvalue weighted by Crippen LogP contribution is 2.12. The number of hydrogen-bond donors (Lipinski definition) is 1. The molecule has 1 amide bonds. The zero-order chi connectivity index (χ0) is 15.2. The second-order valence-corrected chi connectivity index (χ2v) is 5.20. The average molecular weight is 295 g/mol. The molecular weight excluding hydrogens is 274 g/mol. The van der Waals surface area contributed by atoms with E-state index in [4.69, 9.17) is 0 Å². The Hall–Kier alpha value is -1.96. The SMILES string of the molecule is CCCN(C(=O)CCn1cc([N+](=O)[O-])cn1)C1CCNC1. The van der Waals surface area contributed by atoms with Crippen molar-refractivity contribution in [3.05, 3.63) is 22.5 Å². The lowest BCUT2D eigenvalue weighted by Gasteiger charge is -2.28. The van der Waals surface area contributed by atoms with Crippen LogP contribution in [0.25, 0.3) is 0 Å². The lowest BCUT2D eigenvalue weighted by molar-refractivity contribution is -0.385. The molecule has 0 spiro atoms. The molecule has 2 rings (SSSR count). The lowest BCUT2D eigenvalue weighted by atomic mass is 10.2. The third kappa shape index (κ3) is 4.01. The summed E-state index contributed by atoms with van der Waals surface area (Å²) in [6.45, 7) is 4.97. The third-order valence-corrected chi connectivity index (χ3v) is 3.65. The molecule has 0 aromatic carbocycles. The molecule has 8 nitrogen and oxygen atoms in total. The van der Waals surface area contributed by atoms with Crippen LogP contribution in [0.5, 0.6) is 0 Å². The molecule has 116 valence electrons. The summed E-state index contributed by atoms with van der Waals surface area (Å²) < 4.78 is 1.45. The standard InChI is InChI=1S/C13H21N5O3/c1-2-6-17(11-3-5-14-8-11)13(19)4-7-16-10-12(9-15-16)18(20)21/h9-11,14H,2-8H2,1H3. The highest BCUT2D eigenvalue weighted by Gasteiger charge is 2.25. The van der Waals surface area contributed by atoms with Gasteiger partial charge >= 0.3 is 5.69 Å². The maximum atomic E-state index is 12.4. The monoisotopic (exact) mass is 295 g/mol. The summed E-state index contributed by atoms with van der Waals surface area (Å²) >= 11 is 0. The lowest BCUT2D eigenvalue weighted by Crippen LogP contribution is -2.42. The van der Waals surface area contributed by atoms with Gasteiger partial charge < -0.3 is 10.2 Å². The van der Waals surface area contributed by atoms with Gasteiger partial charge in [-0.2, -0.15) is 5.10 Å². The summed E-state index contributed by atoms with van der Waals surface area (Å²) in [7, 11) is 0. The summed E-state index contributed by atoms with van der Waals surface area (Å²) in [6, 6.07) is 0.268. The van der Waals surface area contributed by atoms with E-state index in [-0.39, 0.29) is 17.6 Å². The first-order valence-electron chi connectivity index (χ1n) is 7.29. The number of carbonyl (C=O) groups excluding carboxylic acids is 1.